The van der Waals surface area contributed by atoms with Crippen LogP contribution in [0.1, 0.15) is 5.56 Å². The summed E-state index contributed by atoms with van der Waals surface area (Å²) in [6, 6.07) is 3.94. The highest BCUT2D eigenvalue weighted by molar-refractivity contribution is 7.98. The lowest BCUT2D eigenvalue weighted by atomic mass is 10.3. The molecule has 0 N–H and O–H groups in total. The quantitative estimate of drug-likeness (QED) is 0.724. The van der Waals surface area contributed by atoms with Crippen molar-refractivity contribution in [2.45, 2.75) is 5.88 Å². The minimum atomic E-state index is 0.521. The van der Waals surface area contributed by atoms with Crippen LogP contribution in [0, 0.1) is 0 Å². The van der Waals surface area contributed by atoms with Crippen molar-refractivity contribution in [2.75, 3.05) is 30.5 Å². The fourth-order valence-corrected chi connectivity index (χ4v) is 1.88. The number of rotatable bonds is 5. The van der Waals surface area contributed by atoms with Crippen molar-refractivity contribution < 1.29 is 0 Å². The molecule has 0 atom stereocenters. The Morgan fingerprint density at radius 2 is 2.36 bits per heavy atom. The van der Waals surface area contributed by atoms with Gasteiger partial charge in [0.2, 0.25) is 0 Å². The van der Waals surface area contributed by atoms with Crippen LogP contribution in [0.25, 0.3) is 0 Å². The van der Waals surface area contributed by atoms with Crippen LogP contribution < -0.4 is 4.90 Å². The molecule has 1 heterocycles. The number of pyridine rings is 1. The van der Waals surface area contributed by atoms with Crippen LogP contribution in [-0.2, 0) is 5.88 Å². The normalized spacial score (nSPS) is 10.2. The van der Waals surface area contributed by atoms with E-state index in [0.29, 0.717) is 5.88 Å². The van der Waals surface area contributed by atoms with E-state index < -0.39 is 0 Å². The highest BCUT2D eigenvalue weighted by Gasteiger charge is 2.06. The first kappa shape index (κ1) is 11.7. The molecular formula is C10H15ClN2S. The van der Waals surface area contributed by atoms with E-state index in [0.717, 1.165) is 23.7 Å². The molecule has 0 aliphatic rings. The van der Waals surface area contributed by atoms with Crippen molar-refractivity contribution in [1.29, 1.82) is 0 Å². The Hall–Kier alpha value is -0.410. The van der Waals surface area contributed by atoms with E-state index in [2.05, 4.69) is 23.2 Å². The van der Waals surface area contributed by atoms with Crippen LogP contribution in [-0.4, -0.2) is 30.6 Å². The molecule has 0 saturated heterocycles. The summed E-state index contributed by atoms with van der Waals surface area (Å²) < 4.78 is 0. The molecule has 1 aromatic rings. The van der Waals surface area contributed by atoms with Crippen LogP contribution in [0.15, 0.2) is 18.3 Å². The number of nitrogens with zero attached hydrogens (tertiary/aromatic N) is 2. The predicted molar refractivity (Wildman–Crippen MR) is 65.4 cm³/mol. The first-order valence-electron chi connectivity index (χ1n) is 4.49. The SMILES string of the molecule is CSCCN(C)c1ncccc1CCl. The molecule has 0 amide bonds. The van der Waals surface area contributed by atoms with Crippen LogP contribution in [0.2, 0.25) is 0 Å². The smallest absolute Gasteiger partial charge is 0.132 e. The summed E-state index contributed by atoms with van der Waals surface area (Å²) in [7, 11) is 2.05. The van der Waals surface area contributed by atoms with Gasteiger partial charge in [0.25, 0.3) is 0 Å². The molecule has 2 nitrogen and oxygen atoms in total. The summed E-state index contributed by atoms with van der Waals surface area (Å²) in [6.07, 6.45) is 3.91. The first-order chi connectivity index (χ1) is 6.79. The lowest BCUT2D eigenvalue weighted by Gasteiger charge is -2.19. The number of alkyl halides is 1. The Labute approximate surface area is 94.7 Å². The zero-order chi connectivity index (χ0) is 10.4. The van der Waals surface area contributed by atoms with Crippen LogP contribution in [0.3, 0.4) is 0 Å². The highest BCUT2D eigenvalue weighted by atomic mass is 35.5. The van der Waals surface area contributed by atoms with Crippen molar-refractivity contribution in [3.05, 3.63) is 23.9 Å². The second-order valence-corrected chi connectivity index (χ2v) is 4.29. The molecule has 0 radical (unpaired) electrons. The van der Waals surface area contributed by atoms with Crippen LogP contribution >= 0.6 is 23.4 Å². The van der Waals surface area contributed by atoms with Gasteiger partial charge in [-0.2, -0.15) is 11.8 Å². The third kappa shape index (κ3) is 3.07. The first-order valence-corrected chi connectivity index (χ1v) is 6.42. The third-order valence-electron chi connectivity index (χ3n) is 2.00. The Balaban J connectivity index is 2.72. The van der Waals surface area contributed by atoms with Gasteiger partial charge in [-0.15, -0.1) is 11.6 Å². The second-order valence-electron chi connectivity index (χ2n) is 3.03. The minimum absolute atomic E-state index is 0.521. The van der Waals surface area contributed by atoms with E-state index in [4.69, 9.17) is 11.6 Å². The maximum Gasteiger partial charge on any atom is 0.132 e. The molecule has 0 saturated carbocycles. The van der Waals surface area contributed by atoms with E-state index >= 15 is 0 Å². The van der Waals surface area contributed by atoms with Crippen molar-refractivity contribution in [3.8, 4) is 0 Å². The number of hydrogen-bond acceptors (Lipinski definition) is 3. The molecule has 0 aliphatic heterocycles. The molecule has 4 heteroatoms. The Bertz CT molecular complexity index is 281. The zero-order valence-electron chi connectivity index (χ0n) is 8.53. The van der Waals surface area contributed by atoms with Gasteiger partial charge in [0.1, 0.15) is 5.82 Å². The van der Waals surface area contributed by atoms with Gasteiger partial charge < -0.3 is 4.90 Å². The number of hydrogen-bond donors (Lipinski definition) is 0. The van der Waals surface area contributed by atoms with Crippen molar-refractivity contribution in [3.63, 3.8) is 0 Å². The summed E-state index contributed by atoms with van der Waals surface area (Å²) in [5.41, 5.74) is 1.10. The van der Waals surface area contributed by atoms with Gasteiger partial charge in [0.15, 0.2) is 0 Å². The van der Waals surface area contributed by atoms with Gasteiger partial charge in [0.05, 0.1) is 5.88 Å². The molecule has 0 spiro atoms. The van der Waals surface area contributed by atoms with Crippen LogP contribution in [0.5, 0.6) is 0 Å². The number of thioether (sulfide) groups is 1. The van der Waals surface area contributed by atoms with Crippen molar-refractivity contribution in [1.82, 2.24) is 4.98 Å². The van der Waals surface area contributed by atoms with Gasteiger partial charge in [-0.05, 0) is 12.3 Å². The zero-order valence-corrected chi connectivity index (χ0v) is 10.1. The summed E-state index contributed by atoms with van der Waals surface area (Å²) in [6.45, 7) is 1.00. The fourth-order valence-electron chi connectivity index (χ4n) is 1.21. The topological polar surface area (TPSA) is 16.1 Å². The van der Waals surface area contributed by atoms with Gasteiger partial charge in [-0.1, -0.05) is 6.07 Å². The van der Waals surface area contributed by atoms with Gasteiger partial charge in [0, 0.05) is 31.1 Å². The summed E-state index contributed by atoms with van der Waals surface area (Å²) in [5.74, 6) is 2.62. The maximum atomic E-state index is 5.84. The molecule has 78 valence electrons. The highest BCUT2D eigenvalue weighted by Crippen LogP contribution is 2.17. The molecule has 1 rings (SSSR count). The molecule has 0 aromatic carbocycles. The molecule has 0 fully saturated rings. The van der Waals surface area contributed by atoms with Gasteiger partial charge >= 0.3 is 0 Å². The maximum absolute atomic E-state index is 5.84. The van der Waals surface area contributed by atoms with E-state index in [1.807, 2.05) is 23.9 Å². The largest absolute Gasteiger partial charge is 0.359 e. The van der Waals surface area contributed by atoms with Crippen molar-refractivity contribution in [2.24, 2.45) is 0 Å². The lowest BCUT2D eigenvalue weighted by molar-refractivity contribution is 0.935. The molecular weight excluding hydrogens is 216 g/mol. The fraction of sp³-hybridized carbons (Fsp3) is 0.500. The standard InChI is InChI=1S/C10H15ClN2S/c1-13(6-7-14-2)10-9(8-11)4-3-5-12-10/h3-5H,6-8H2,1-2H3. The summed E-state index contributed by atoms with van der Waals surface area (Å²) >= 11 is 7.67. The second kappa shape index (κ2) is 6.14. The average Bonchev–Trinajstić information content (AvgIpc) is 2.25. The van der Waals surface area contributed by atoms with Crippen molar-refractivity contribution >= 4 is 29.2 Å². The van der Waals surface area contributed by atoms with E-state index in [-0.39, 0.29) is 0 Å². The Morgan fingerprint density at radius 1 is 1.57 bits per heavy atom. The summed E-state index contributed by atoms with van der Waals surface area (Å²) in [5, 5.41) is 0. The molecule has 1 aromatic heterocycles. The molecule has 0 unspecified atom stereocenters. The lowest BCUT2D eigenvalue weighted by Crippen LogP contribution is -2.22. The molecule has 14 heavy (non-hydrogen) atoms. The van der Waals surface area contributed by atoms with Gasteiger partial charge in [-0.25, -0.2) is 4.98 Å². The minimum Gasteiger partial charge on any atom is -0.359 e. The predicted octanol–water partition coefficient (Wildman–Crippen LogP) is 2.62. The number of halogens is 1. The average molecular weight is 231 g/mol. The third-order valence-corrected chi connectivity index (χ3v) is 2.88. The molecule has 0 bridgehead atoms. The molecule has 0 aliphatic carbocycles. The van der Waals surface area contributed by atoms with Crippen LogP contribution in [0.4, 0.5) is 5.82 Å². The Morgan fingerprint density at radius 3 is 3.00 bits per heavy atom. The van der Waals surface area contributed by atoms with Gasteiger partial charge in [-0.3, -0.25) is 0 Å². The monoisotopic (exact) mass is 230 g/mol. The van der Waals surface area contributed by atoms with E-state index in [9.17, 15) is 0 Å². The number of anilines is 1. The van der Waals surface area contributed by atoms with E-state index in [1.165, 1.54) is 0 Å². The Kier molecular flexibility index (Phi) is 5.12. The summed E-state index contributed by atoms with van der Waals surface area (Å²) in [4.78, 5) is 6.48. The number of aromatic nitrogens is 1. The van der Waals surface area contributed by atoms with E-state index in [1.54, 1.807) is 6.20 Å².